The fourth-order valence-corrected chi connectivity index (χ4v) is 4.87. The molecule has 0 N–H and O–H groups in total. The van der Waals surface area contributed by atoms with E-state index in [1.807, 2.05) is 27.7 Å². The third kappa shape index (κ3) is 7.34. The molecule has 1 aliphatic carbocycles. The highest BCUT2D eigenvalue weighted by Crippen LogP contribution is 2.41. The molecule has 5 unspecified atom stereocenters. The van der Waals surface area contributed by atoms with Crippen LogP contribution >= 0.6 is 0 Å². The van der Waals surface area contributed by atoms with Gasteiger partial charge in [-0.05, 0) is 79.6 Å². The second-order valence-electron chi connectivity index (χ2n) is 11.1. The van der Waals surface area contributed by atoms with Crippen LogP contribution in [0.25, 0.3) is 0 Å². The van der Waals surface area contributed by atoms with Crippen LogP contribution in [0.5, 0.6) is 0 Å². The Hall–Kier alpha value is -0.820. The topological polar surface area (TPSA) is 74.4 Å². The first-order valence-corrected chi connectivity index (χ1v) is 12.7. The van der Waals surface area contributed by atoms with Crippen LogP contribution in [0.2, 0.25) is 0 Å². The maximum absolute atomic E-state index is 12.8. The molecule has 6 nitrogen and oxygen atoms in total. The minimum atomic E-state index is -0.752. The van der Waals surface area contributed by atoms with Gasteiger partial charge in [0, 0.05) is 24.9 Å². The Labute approximate surface area is 194 Å². The van der Waals surface area contributed by atoms with Crippen molar-refractivity contribution in [3.63, 3.8) is 0 Å². The number of fused-ring (bicyclic) bond motifs is 1. The smallest absolute Gasteiger partial charge is 0.167 e. The summed E-state index contributed by atoms with van der Waals surface area (Å²) in [5.41, 5.74) is -1.50. The van der Waals surface area contributed by atoms with Gasteiger partial charge in [0.25, 0.3) is 0 Å². The van der Waals surface area contributed by atoms with E-state index >= 15 is 0 Å². The number of Topliss-reactive ketones (excluding diaryl/α,β-unsaturated/α-hetero) is 2. The van der Waals surface area contributed by atoms with Crippen LogP contribution in [-0.2, 0) is 28.5 Å². The number of hydrogen-bond acceptors (Lipinski definition) is 6. The van der Waals surface area contributed by atoms with Crippen molar-refractivity contribution in [3.8, 4) is 0 Å². The Balaban J connectivity index is 1.26. The van der Waals surface area contributed by atoms with E-state index in [1.165, 1.54) is 0 Å². The Bertz CT molecular complexity index is 634. The molecule has 1 saturated carbocycles. The fraction of sp³-hybridized carbons (Fsp3) is 0.923. The number of ether oxygens (including phenoxy) is 4. The highest BCUT2D eigenvalue weighted by Gasteiger charge is 2.48. The van der Waals surface area contributed by atoms with Crippen molar-refractivity contribution < 1.29 is 28.5 Å². The first-order chi connectivity index (χ1) is 15.1. The summed E-state index contributed by atoms with van der Waals surface area (Å²) in [5, 5.41) is 0. The van der Waals surface area contributed by atoms with Gasteiger partial charge >= 0.3 is 0 Å². The Morgan fingerprint density at radius 3 is 2.38 bits per heavy atom. The number of ketones is 2. The van der Waals surface area contributed by atoms with Crippen molar-refractivity contribution in [2.45, 2.75) is 122 Å². The summed E-state index contributed by atoms with van der Waals surface area (Å²) in [6.07, 6.45) is 9.05. The van der Waals surface area contributed by atoms with Gasteiger partial charge in [-0.15, -0.1) is 0 Å². The number of carbonyl (C=O) groups excluding carboxylic acids is 2. The molecule has 5 atom stereocenters. The van der Waals surface area contributed by atoms with Crippen molar-refractivity contribution in [2.75, 3.05) is 19.8 Å². The second kappa shape index (κ2) is 11.1. The van der Waals surface area contributed by atoms with Gasteiger partial charge in [-0.3, -0.25) is 9.59 Å². The third-order valence-corrected chi connectivity index (χ3v) is 7.43. The predicted molar refractivity (Wildman–Crippen MR) is 123 cm³/mol. The van der Waals surface area contributed by atoms with E-state index in [0.29, 0.717) is 43.9 Å². The lowest BCUT2D eigenvalue weighted by molar-refractivity contribution is -0.145. The lowest BCUT2D eigenvalue weighted by Crippen LogP contribution is -2.41. The van der Waals surface area contributed by atoms with Crippen LogP contribution in [-0.4, -0.2) is 60.9 Å². The standard InChI is InChI=1S/C26H44O6/c1-18-10-11-19(16-29-18)17-31-25(2,3)23(27)9-7-6-8-14-30-26(4,5)24(28)20-12-13-21-22(15-20)32-21/h18-22H,6-17H2,1-5H3. The van der Waals surface area contributed by atoms with Crippen LogP contribution in [0.1, 0.15) is 92.4 Å². The number of epoxide rings is 1. The molecular weight excluding hydrogens is 408 g/mol. The molecule has 32 heavy (non-hydrogen) atoms. The number of unbranched alkanes of at least 4 members (excludes halogenated alkanes) is 2. The SMILES string of the molecule is CC1CCC(COC(C)(C)C(=O)CCCCCOC(C)(C)C(=O)C2CCC3OC3C2)CO1. The van der Waals surface area contributed by atoms with Gasteiger partial charge in [0.1, 0.15) is 11.2 Å². The van der Waals surface area contributed by atoms with Crippen molar-refractivity contribution in [3.05, 3.63) is 0 Å². The van der Waals surface area contributed by atoms with E-state index in [4.69, 9.17) is 18.9 Å². The van der Waals surface area contributed by atoms with Crippen molar-refractivity contribution >= 4 is 11.6 Å². The Morgan fingerprint density at radius 1 is 0.906 bits per heavy atom. The van der Waals surface area contributed by atoms with E-state index in [0.717, 1.165) is 58.0 Å². The van der Waals surface area contributed by atoms with Crippen molar-refractivity contribution in [1.82, 2.24) is 0 Å². The molecule has 184 valence electrons. The lowest BCUT2D eigenvalue weighted by atomic mass is 9.81. The van der Waals surface area contributed by atoms with Gasteiger partial charge in [0.05, 0.1) is 31.5 Å². The summed E-state index contributed by atoms with van der Waals surface area (Å²) in [6.45, 7) is 11.5. The molecule has 0 spiro atoms. The molecule has 0 aromatic heterocycles. The summed E-state index contributed by atoms with van der Waals surface area (Å²) in [4.78, 5) is 25.5. The highest BCUT2D eigenvalue weighted by atomic mass is 16.6. The van der Waals surface area contributed by atoms with Gasteiger partial charge in [-0.1, -0.05) is 6.42 Å². The summed E-state index contributed by atoms with van der Waals surface area (Å²) in [7, 11) is 0. The second-order valence-corrected chi connectivity index (χ2v) is 11.1. The monoisotopic (exact) mass is 452 g/mol. The van der Waals surface area contributed by atoms with Gasteiger partial charge < -0.3 is 18.9 Å². The molecule has 2 aliphatic heterocycles. The minimum absolute atomic E-state index is 0.0668. The van der Waals surface area contributed by atoms with Crippen molar-refractivity contribution in [2.24, 2.45) is 11.8 Å². The van der Waals surface area contributed by atoms with Gasteiger partial charge in [0.2, 0.25) is 0 Å². The quantitative estimate of drug-likeness (QED) is 0.299. The van der Waals surface area contributed by atoms with Crippen molar-refractivity contribution in [1.29, 1.82) is 0 Å². The summed E-state index contributed by atoms with van der Waals surface area (Å²) < 4.78 is 23.2. The van der Waals surface area contributed by atoms with E-state index in [-0.39, 0.29) is 17.5 Å². The predicted octanol–water partition coefficient (Wildman–Crippen LogP) is 4.66. The highest BCUT2D eigenvalue weighted by molar-refractivity contribution is 5.89. The molecule has 2 saturated heterocycles. The molecule has 6 heteroatoms. The zero-order chi connectivity index (χ0) is 23.4. The lowest BCUT2D eigenvalue weighted by Gasteiger charge is -2.30. The van der Waals surface area contributed by atoms with Gasteiger partial charge in [-0.25, -0.2) is 0 Å². The number of hydrogen-bond donors (Lipinski definition) is 0. The molecule has 0 bridgehead atoms. The van der Waals surface area contributed by atoms with Crippen LogP contribution in [0, 0.1) is 11.8 Å². The van der Waals surface area contributed by atoms with Crippen LogP contribution in [0.4, 0.5) is 0 Å². The molecule has 0 aromatic carbocycles. The fourth-order valence-electron chi connectivity index (χ4n) is 4.87. The molecule has 3 aliphatic rings. The summed E-state index contributed by atoms with van der Waals surface area (Å²) >= 11 is 0. The third-order valence-electron chi connectivity index (χ3n) is 7.43. The maximum atomic E-state index is 12.8. The molecular formula is C26H44O6. The average molecular weight is 453 g/mol. The van der Waals surface area contributed by atoms with E-state index in [2.05, 4.69) is 6.92 Å². The number of carbonyl (C=O) groups is 2. The zero-order valence-electron chi connectivity index (χ0n) is 20.8. The molecule has 3 fully saturated rings. The van der Waals surface area contributed by atoms with Crippen LogP contribution in [0.3, 0.4) is 0 Å². The number of rotatable bonds is 13. The summed E-state index contributed by atoms with van der Waals surface area (Å²) in [6, 6.07) is 0. The van der Waals surface area contributed by atoms with E-state index in [1.54, 1.807) is 0 Å². The Kier molecular flexibility index (Phi) is 8.92. The first-order valence-electron chi connectivity index (χ1n) is 12.7. The molecule has 3 rings (SSSR count). The summed E-state index contributed by atoms with van der Waals surface area (Å²) in [5.74, 6) is 0.806. The van der Waals surface area contributed by atoms with Gasteiger partial charge in [0.15, 0.2) is 11.6 Å². The first kappa shape index (κ1) is 25.8. The minimum Gasteiger partial charge on any atom is -0.378 e. The van der Waals surface area contributed by atoms with Crippen LogP contribution in [0.15, 0.2) is 0 Å². The zero-order valence-corrected chi connectivity index (χ0v) is 20.8. The molecule has 0 radical (unpaired) electrons. The molecule has 2 heterocycles. The van der Waals surface area contributed by atoms with E-state index < -0.39 is 11.2 Å². The van der Waals surface area contributed by atoms with Crippen LogP contribution < -0.4 is 0 Å². The maximum Gasteiger partial charge on any atom is 0.167 e. The Morgan fingerprint density at radius 2 is 1.69 bits per heavy atom. The average Bonchev–Trinajstić information content (AvgIpc) is 3.54. The largest absolute Gasteiger partial charge is 0.378 e. The van der Waals surface area contributed by atoms with E-state index in [9.17, 15) is 9.59 Å². The molecule has 0 amide bonds. The molecule has 0 aromatic rings. The van der Waals surface area contributed by atoms with Gasteiger partial charge in [-0.2, -0.15) is 0 Å². The normalized spacial score (nSPS) is 30.6.